The second kappa shape index (κ2) is 10.4. The Morgan fingerprint density at radius 3 is 1.71 bits per heavy atom. The minimum atomic E-state index is 0.0626. The van der Waals surface area contributed by atoms with Gasteiger partial charge >= 0.3 is 0 Å². The summed E-state index contributed by atoms with van der Waals surface area (Å²) >= 11 is 0. The molecule has 0 atom stereocenters. The maximum atomic E-state index is 13.3. The lowest BCUT2D eigenvalue weighted by molar-refractivity contribution is 0.104. The summed E-state index contributed by atoms with van der Waals surface area (Å²) < 4.78 is 0. The second-order valence-corrected chi connectivity index (χ2v) is 10.3. The highest BCUT2D eigenvalue weighted by atomic mass is 16.1. The van der Waals surface area contributed by atoms with Crippen molar-refractivity contribution in [1.82, 2.24) is 0 Å². The fourth-order valence-electron chi connectivity index (χ4n) is 3.99. The molecule has 0 heterocycles. The topological polar surface area (TPSA) is 17.1 Å². The quantitative estimate of drug-likeness (QED) is 0.309. The van der Waals surface area contributed by atoms with Crippen LogP contribution in [0.5, 0.6) is 0 Å². The van der Waals surface area contributed by atoms with Crippen molar-refractivity contribution in [3.8, 4) is 0 Å². The largest absolute Gasteiger partial charge is 0.289 e. The molecule has 2 aromatic rings. The van der Waals surface area contributed by atoms with Crippen molar-refractivity contribution in [3.63, 3.8) is 0 Å². The zero-order chi connectivity index (χ0) is 23.5. The Kier molecular flexibility index (Phi) is 8.46. The predicted molar refractivity (Wildman–Crippen MR) is 136 cm³/mol. The molecule has 1 heteroatoms. The normalized spacial score (nSPS) is 12.4. The highest BCUT2D eigenvalue weighted by Crippen LogP contribution is 2.33. The zero-order valence-electron chi connectivity index (χ0n) is 21.3. The molecule has 0 saturated carbocycles. The van der Waals surface area contributed by atoms with Crippen LogP contribution in [-0.4, -0.2) is 5.78 Å². The molecule has 0 aliphatic heterocycles. The van der Waals surface area contributed by atoms with Crippen molar-refractivity contribution in [1.29, 1.82) is 0 Å². The van der Waals surface area contributed by atoms with Gasteiger partial charge in [0.1, 0.15) is 0 Å². The van der Waals surface area contributed by atoms with Crippen LogP contribution in [0.3, 0.4) is 0 Å². The first-order chi connectivity index (χ1) is 14.4. The number of rotatable bonds is 8. The maximum Gasteiger partial charge on any atom is 0.186 e. The molecule has 1 nitrogen and oxygen atoms in total. The molecule has 0 bridgehead atoms. The van der Waals surface area contributed by atoms with Crippen molar-refractivity contribution < 1.29 is 4.79 Å². The van der Waals surface area contributed by atoms with Gasteiger partial charge in [-0.3, -0.25) is 4.79 Å². The molecule has 0 N–H and O–H groups in total. The third kappa shape index (κ3) is 5.97. The molecule has 0 aliphatic rings. The van der Waals surface area contributed by atoms with E-state index < -0.39 is 0 Å². The van der Waals surface area contributed by atoms with Gasteiger partial charge in [-0.15, -0.1) is 0 Å². The Balaban J connectivity index is 2.56. The number of hydrogen-bond donors (Lipinski definition) is 0. The van der Waals surface area contributed by atoms with E-state index in [4.69, 9.17) is 0 Å². The molecular weight excluding hydrogens is 376 g/mol. The van der Waals surface area contributed by atoms with E-state index in [1.54, 1.807) is 6.08 Å². The lowest BCUT2D eigenvalue weighted by Gasteiger charge is -2.21. The van der Waals surface area contributed by atoms with Gasteiger partial charge in [0.25, 0.3) is 0 Å². The van der Waals surface area contributed by atoms with Crippen LogP contribution in [0.15, 0.2) is 30.3 Å². The van der Waals surface area contributed by atoms with Crippen LogP contribution >= 0.6 is 0 Å². The van der Waals surface area contributed by atoms with Crippen LogP contribution in [0.4, 0.5) is 0 Å². The molecule has 0 amide bonds. The van der Waals surface area contributed by atoms with Gasteiger partial charge in [0, 0.05) is 5.56 Å². The van der Waals surface area contributed by atoms with Crippen molar-refractivity contribution >= 4 is 11.9 Å². The predicted octanol–water partition coefficient (Wildman–Crippen LogP) is 9.00. The molecule has 0 spiro atoms. The number of benzene rings is 2. The van der Waals surface area contributed by atoms with E-state index in [-0.39, 0.29) is 11.7 Å². The zero-order valence-corrected chi connectivity index (χ0v) is 21.3. The maximum absolute atomic E-state index is 13.3. The molecule has 0 saturated heterocycles. The summed E-state index contributed by atoms with van der Waals surface area (Å²) in [5.74, 6) is 2.00. The van der Waals surface area contributed by atoms with Crippen LogP contribution < -0.4 is 0 Å². The van der Waals surface area contributed by atoms with Crippen LogP contribution in [0.2, 0.25) is 0 Å². The van der Waals surface area contributed by atoms with Gasteiger partial charge in [-0.2, -0.15) is 0 Å². The first-order valence-electron chi connectivity index (χ1n) is 11.9. The fourth-order valence-corrected chi connectivity index (χ4v) is 3.99. The lowest BCUT2D eigenvalue weighted by Crippen LogP contribution is -2.06. The summed E-state index contributed by atoms with van der Waals surface area (Å²) in [6, 6.07) is 12.2. The van der Waals surface area contributed by atoms with Gasteiger partial charge in [-0.05, 0) is 75.1 Å². The monoisotopic (exact) mass is 417 g/mol. The summed E-state index contributed by atoms with van der Waals surface area (Å²) in [5, 5.41) is 0. The number of ketones is 1. The van der Waals surface area contributed by atoms with Crippen molar-refractivity contribution in [2.75, 3.05) is 0 Å². The van der Waals surface area contributed by atoms with Crippen LogP contribution in [-0.2, 0) is 0 Å². The first-order valence-corrected chi connectivity index (χ1v) is 11.9. The van der Waals surface area contributed by atoms with E-state index in [1.165, 1.54) is 22.3 Å². The molecule has 0 fully saturated rings. The van der Waals surface area contributed by atoms with Gasteiger partial charge in [0.2, 0.25) is 0 Å². The third-order valence-electron chi connectivity index (χ3n) is 6.04. The Morgan fingerprint density at radius 1 is 0.742 bits per heavy atom. The molecule has 0 aliphatic carbocycles. The van der Waals surface area contributed by atoms with Crippen molar-refractivity contribution in [2.24, 2.45) is 0 Å². The molecule has 31 heavy (non-hydrogen) atoms. The Labute approximate surface area is 191 Å². The van der Waals surface area contributed by atoms with Gasteiger partial charge in [0.05, 0.1) is 0 Å². The van der Waals surface area contributed by atoms with Crippen LogP contribution in [0.1, 0.15) is 143 Å². The third-order valence-corrected chi connectivity index (χ3v) is 6.04. The number of carbonyl (C=O) groups excluding carboxylic acids is 1. The minimum Gasteiger partial charge on any atom is -0.289 e. The van der Waals surface area contributed by atoms with Crippen LogP contribution in [0.25, 0.3) is 6.08 Å². The van der Waals surface area contributed by atoms with E-state index in [9.17, 15) is 4.79 Å². The lowest BCUT2D eigenvalue weighted by atomic mass is 9.84. The summed E-state index contributed by atoms with van der Waals surface area (Å²) in [6.45, 7) is 22.0. The van der Waals surface area contributed by atoms with Crippen LogP contribution in [0, 0.1) is 6.07 Å². The SMILES string of the molecule is CC(C)c1[c]c(C(C)C)c(C(=O)C=Cc2c(C(C)C)cc(C(C)C)cc2C(C)C)cc1. The van der Waals surface area contributed by atoms with Crippen molar-refractivity contribution in [2.45, 2.75) is 98.8 Å². The number of hydrogen-bond acceptors (Lipinski definition) is 1. The van der Waals surface area contributed by atoms with Gasteiger partial charge < -0.3 is 0 Å². The molecule has 2 aromatic carbocycles. The average Bonchev–Trinajstić information content (AvgIpc) is 2.70. The molecule has 0 unspecified atom stereocenters. The van der Waals surface area contributed by atoms with E-state index in [1.807, 2.05) is 12.1 Å². The summed E-state index contributed by atoms with van der Waals surface area (Å²) in [4.78, 5) is 13.3. The van der Waals surface area contributed by atoms with E-state index in [2.05, 4.69) is 93.5 Å². The second-order valence-electron chi connectivity index (χ2n) is 10.3. The average molecular weight is 418 g/mol. The highest BCUT2D eigenvalue weighted by molar-refractivity contribution is 6.08. The molecule has 0 aromatic heterocycles. The summed E-state index contributed by atoms with van der Waals surface area (Å²) in [6.07, 6.45) is 3.82. The van der Waals surface area contributed by atoms with E-state index in [0.717, 1.165) is 16.7 Å². The molecule has 167 valence electrons. The van der Waals surface area contributed by atoms with Gasteiger partial charge in [-0.1, -0.05) is 99.6 Å². The first kappa shape index (κ1) is 25.1. The molecule has 2 rings (SSSR count). The number of allylic oxidation sites excluding steroid dienone is 1. The van der Waals surface area contributed by atoms with Gasteiger partial charge in [-0.25, -0.2) is 0 Å². The smallest absolute Gasteiger partial charge is 0.186 e. The van der Waals surface area contributed by atoms with Crippen molar-refractivity contribution in [3.05, 3.63) is 75.4 Å². The Morgan fingerprint density at radius 2 is 1.29 bits per heavy atom. The minimum absolute atomic E-state index is 0.0626. The Hall–Kier alpha value is -2.15. The van der Waals surface area contributed by atoms with Gasteiger partial charge in [0.15, 0.2) is 5.78 Å². The molecule has 1 radical (unpaired) electrons. The Bertz CT molecular complexity index is 910. The number of carbonyl (C=O) groups is 1. The standard InChI is InChI=1S/C30H41O/c1-18(2)23-11-12-26(29(15-23)22(9)10)30(31)14-13-25-27(20(5)6)16-24(19(3)4)17-28(25)21(7)8/h11-14,16-22H,1-10H3. The van der Waals surface area contributed by atoms with E-state index in [0.29, 0.717) is 23.7 Å². The summed E-state index contributed by atoms with van der Waals surface area (Å²) in [7, 11) is 0. The van der Waals surface area contributed by atoms with E-state index >= 15 is 0 Å². The summed E-state index contributed by atoms with van der Waals surface area (Å²) in [5.41, 5.74) is 8.18. The fraction of sp³-hybridized carbons (Fsp3) is 0.500. The highest BCUT2D eigenvalue weighted by Gasteiger charge is 2.17. The molecular formula is C30H41O.